The highest BCUT2D eigenvalue weighted by Gasteiger charge is 2.06. The number of halogens is 1. The van der Waals surface area contributed by atoms with Crippen LogP contribution in [0.3, 0.4) is 0 Å². The Morgan fingerprint density at radius 1 is 1.41 bits per heavy atom. The standard InChI is InChI=1S/C13H13FN2O/c1-2-5-16-8-12(7-15-16)10-3-4-11(9-17)13(14)6-10/h3-4,6-9H,2,5H2,1H3. The summed E-state index contributed by atoms with van der Waals surface area (Å²) in [6, 6.07) is 4.56. The zero-order valence-corrected chi connectivity index (χ0v) is 9.56. The van der Waals surface area contributed by atoms with Gasteiger partial charge in [0.05, 0.1) is 11.8 Å². The summed E-state index contributed by atoms with van der Waals surface area (Å²) in [5.41, 5.74) is 1.67. The van der Waals surface area contributed by atoms with Crippen LogP contribution in [0, 0.1) is 5.82 Å². The largest absolute Gasteiger partial charge is 0.298 e. The third kappa shape index (κ3) is 2.41. The molecule has 4 heteroatoms. The lowest BCUT2D eigenvalue weighted by Crippen LogP contribution is -1.95. The van der Waals surface area contributed by atoms with E-state index >= 15 is 0 Å². The van der Waals surface area contributed by atoms with Gasteiger partial charge in [-0.25, -0.2) is 4.39 Å². The molecule has 0 fully saturated rings. The van der Waals surface area contributed by atoms with E-state index in [9.17, 15) is 9.18 Å². The molecule has 0 bridgehead atoms. The molecule has 1 aromatic heterocycles. The number of nitrogens with zero attached hydrogens (tertiary/aromatic N) is 2. The lowest BCUT2D eigenvalue weighted by atomic mass is 10.1. The van der Waals surface area contributed by atoms with E-state index in [1.807, 2.05) is 10.9 Å². The Labute approximate surface area is 98.9 Å². The van der Waals surface area contributed by atoms with E-state index in [2.05, 4.69) is 12.0 Å². The summed E-state index contributed by atoms with van der Waals surface area (Å²) in [7, 11) is 0. The van der Waals surface area contributed by atoms with Crippen molar-refractivity contribution in [3.63, 3.8) is 0 Å². The average Bonchev–Trinajstić information content (AvgIpc) is 2.78. The Hall–Kier alpha value is -1.97. The summed E-state index contributed by atoms with van der Waals surface area (Å²) in [6.45, 7) is 2.91. The minimum absolute atomic E-state index is 0.0784. The number of hydrogen-bond acceptors (Lipinski definition) is 2. The van der Waals surface area contributed by atoms with E-state index in [0.29, 0.717) is 6.29 Å². The van der Waals surface area contributed by atoms with Crippen LogP contribution in [-0.2, 0) is 6.54 Å². The first kappa shape index (κ1) is 11.5. The molecule has 0 unspecified atom stereocenters. The maximum atomic E-state index is 13.4. The number of rotatable bonds is 4. The SMILES string of the molecule is CCCn1cc(-c2ccc(C=O)c(F)c2)cn1. The normalized spacial score (nSPS) is 10.5. The van der Waals surface area contributed by atoms with Gasteiger partial charge in [0.1, 0.15) is 5.82 Å². The molecule has 2 aromatic rings. The maximum absolute atomic E-state index is 13.4. The molecule has 0 radical (unpaired) electrons. The Bertz CT molecular complexity index is 534. The van der Waals surface area contributed by atoms with E-state index < -0.39 is 5.82 Å². The van der Waals surface area contributed by atoms with Crippen molar-refractivity contribution in [3.05, 3.63) is 42.0 Å². The predicted molar refractivity (Wildman–Crippen MR) is 63.3 cm³/mol. The highest BCUT2D eigenvalue weighted by molar-refractivity contribution is 5.77. The summed E-state index contributed by atoms with van der Waals surface area (Å²) in [4.78, 5) is 10.5. The summed E-state index contributed by atoms with van der Waals surface area (Å²) in [6.07, 6.45) is 5.09. The predicted octanol–water partition coefficient (Wildman–Crippen LogP) is 2.91. The fourth-order valence-corrected chi connectivity index (χ4v) is 1.67. The van der Waals surface area contributed by atoms with Gasteiger partial charge >= 0.3 is 0 Å². The minimum Gasteiger partial charge on any atom is -0.298 e. The first-order chi connectivity index (χ1) is 8.24. The molecule has 0 N–H and O–H groups in total. The van der Waals surface area contributed by atoms with Gasteiger partial charge in [-0.15, -0.1) is 0 Å². The average molecular weight is 232 g/mol. The summed E-state index contributed by atoms with van der Waals surface area (Å²) >= 11 is 0. The fourth-order valence-electron chi connectivity index (χ4n) is 1.67. The minimum atomic E-state index is -0.499. The zero-order chi connectivity index (χ0) is 12.3. The monoisotopic (exact) mass is 232 g/mol. The number of aldehydes is 1. The van der Waals surface area contributed by atoms with Crippen molar-refractivity contribution in [1.82, 2.24) is 9.78 Å². The number of aryl methyl sites for hydroxylation is 1. The van der Waals surface area contributed by atoms with Gasteiger partial charge in [-0.05, 0) is 24.1 Å². The second kappa shape index (κ2) is 4.91. The van der Waals surface area contributed by atoms with Gasteiger partial charge in [-0.1, -0.05) is 13.0 Å². The van der Waals surface area contributed by atoms with E-state index in [0.717, 1.165) is 24.1 Å². The van der Waals surface area contributed by atoms with Crippen molar-refractivity contribution in [2.45, 2.75) is 19.9 Å². The van der Waals surface area contributed by atoms with Crippen LogP contribution in [-0.4, -0.2) is 16.1 Å². The van der Waals surface area contributed by atoms with Gasteiger partial charge in [-0.2, -0.15) is 5.10 Å². The summed E-state index contributed by atoms with van der Waals surface area (Å²) < 4.78 is 15.3. The molecule has 17 heavy (non-hydrogen) atoms. The fraction of sp³-hybridized carbons (Fsp3) is 0.231. The Kier molecular flexibility index (Phi) is 3.32. The lowest BCUT2D eigenvalue weighted by Gasteiger charge is -1.99. The zero-order valence-electron chi connectivity index (χ0n) is 9.56. The van der Waals surface area contributed by atoms with Gasteiger partial charge in [-0.3, -0.25) is 9.48 Å². The van der Waals surface area contributed by atoms with Crippen LogP contribution in [0.25, 0.3) is 11.1 Å². The summed E-state index contributed by atoms with van der Waals surface area (Å²) in [5.74, 6) is -0.499. The van der Waals surface area contributed by atoms with Crippen LogP contribution in [0.1, 0.15) is 23.7 Å². The third-order valence-corrected chi connectivity index (χ3v) is 2.55. The van der Waals surface area contributed by atoms with Gasteiger partial charge < -0.3 is 0 Å². The highest BCUT2D eigenvalue weighted by Crippen LogP contribution is 2.20. The lowest BCUT2D eigenvalue weighted by molar-refractivity contribution is 0.112. The molecule has 0 atom stereocenters. The molecule has 0 aliphatic carbocycles. The quantitative estimate of drug-likeness (QED) is 0.760. The molecule has 0 saturated carbocycles. The van der Waals surface area contributed by atoms with Crippen molar-refractivity contribution >= 4 is 6.29 Å². The van der Waals surface area contributed by atoms with Crippen LogP contribution >= 0.6 is 0 Å². The van der Waals surface area contributed by atoms with Crippen LogP contribution in [0.4, 0.5) is 4.39 Å². The maximum Gasteiger partial charge on any atom is 0.152 e. The summed E-state index contributed by atoms with van der Waals surface area (Å²) in [5, 5.41) is 4.18. The van der Waals surface area contributed by atoms with Gasteiger partial charge in [0, 0.05) is 18.3 Å². The first-order valence-corrected chi connectivity index (χ1v) is 5.52. The first-order valence-electron chi connectivity index (χ1n) is 5.52. The number of carbonyl (C=O) groups excluding carboxylic acids is 1. The van der Waals surface area contributed by atoms with Crippen molar-refractivity contribution in [3.8, 4) is 11.1 Å². The molecule has 0 spiro atoms. The topological polar surface area (TPSA) is 34.9 Å². The van der Waals surface area contributed by atoms with E-state index in [4.69, 9.17) is 0 Å². The van der Waals surface area contributed by atoms with E-state index in [-0.39, 0.29) is 5.56 Å². The van der Waals surface area contributed by atoms with E-state index in [1.165, 1.54) is 12.1 Å². The molecule has 0 saturated heterocycles. The van der Waals surface area contributed by atoms with Crippen LogP contribution < -0.4 is 0 Å². The molecular weight excluding hydrogens is 219 g/mol. The smallest absolute Gasteiger partial charge is 0.152 e. The molecule has 2 rings (SSSR count). The van der Waals surface area contributed by atoms with Crippen molar-refractivity contribution in [1.29, 1.82) is 0 Å². The molecule has 88 valence electrons. The second-order valence-corrected chi connectivity index (χ2v) is 3.85. The number of hydrogen-bond donors (Lipinski definition) is 0. The number of benzene rings is 1. The number of carbonyl (C=O) groups is 1. The van der Waals surface area contributed by atoms with Crippen molar-refractivity contribution in [2.24, 2.45) is 0 Å². The number of aromatic nitrogens is 2. The molecule has 0 aliphatic heterocycles. The molecule has 1 aromatic carbocycles. The second-order valence-electron chi connectivity index (χ2n) is 3.85. The Balaban J connectivity index is 2.32. The highest BCUT2D eigenvalue weighted by atomic mass is 19.1. The molecule has 1 heterocycles. The van der Waals surface area contributed by atoms with Crippen molar-refractivity contribution < 1.29 is 9.18 Å². The van der Waals surface area contributed by atoms with Crippen molar-refractivity contribution in [2.75, 3.05) is 0 Å². The van der Waals surface area contributed by atoms with Crippen LogP contribution in [0.15, 0.2) is 30.6 Å². The third-order valence-electron chi connectivity index (χ3n) is 2.55. The Morgan fingerprint density at radius 2 is 2.24 bits per heavy atom. The van der Waals surface area contributed by atoms with Gasteiger partial charge in [0.15, 0.2) is 6.29 Å². The Morgan fingerprint density at radius 3 is 2.88 bits per heavy atom. The molecule has 0 amide bonds. The van der Waals surface area contributed by atoms with Crippen LogP contribution in [0.2, 0.25) is 0 Å². The van der Waals surface area contributed by atoms with E-state index in [1.54, 1.807) is 12.3 Å². The van der Waals surface area contributed by atoms with Gasteiger partial charge in [0.2, 0.25) is 0 Å². The molecular formula is C13H13FN2O. The van der Waals surface area contributed by atoms with Crippen LogP contribution in [0.5, 0.6) is 0 Å². The molecule has 0 aliphatic rings. The molecule has 3 nitrogen and oxygen atoms in total. The van der Waals surface area contributed by atoms with Gasteiger partial charge in [0.25, 0.3) is 0 Å².